The number of hydrogen-bond acceptors (Lipinski definition) is 4. The first-order valence-electron chi connectivity index (χ1n) is 7.00. The molecule has 0 radical (unpaired) electrons. The summed E-state index contributed by atoms with van der Waals surface area (Å²) in [4.78, 5) is 0. The van der Waals surface area contributed by atoms with Gasteiger partial charge < -0.3 is 20.3 Å². The van der Waals surface area contributed by atoms with Crippen molar-refractivity contribution in [2.75, 3.05) is 19.8 Å². The maximum atomic E-state index is 9.67. The van der Waals surface area contributed by atoms with E-state index >= 15 is 0 Å². The zero-order chi connectivity index (χ0) is 15.1. The zero-order valence-electron chi connectivity index (χ0n) is 12.4. The molecule has 0 saturated heterocycles. The topological polar surface area (TPSA) is 64.7 Å². The van der Waals surface area contributed by atoms with Crippen LogP contribution in [-0.2, 0) is 0 Å². The summed E-state index contributed by atoms with van der Waals surface area (Å²) in [5.41, 5.74) is 6.39. The molecular formula is C15H24ClNO3. The Hall–Kier alpha value is -0.970. The molecule has 20 heavy (non-hydrogen) atoms. The van der Waals surface area contributed by atoms with Gasteiger partial charge in [0.1, 0.15) is 0 Å². The molecular weight excluding hydrogens is 278 g/mol. The maximum Gasteiger partial charge on any atom is 0.162 e. The number of benzene rings is 1. The van der Waals surface area contributed by atoms with Crippen molar-refractivity contribution in [3.63, 3.8) is 0 Å². The van der Waals surface area contributed by atoms with E-state index in [0.29, 0.717) is 36.2 Å². The van der Waals surface area contributed by atoms with Gasteiger partial charge in [0.05, 0.1) is 19.3 Å². The van der Waals surface area contributed by atoms with E-state index in [1.807, 2.05) is 26.8 Å². The van der Waals surface area contributed by atoms with Gasteiger partial charge in [-0.2, -0.15) is 0 Å². The van der Waals surface area contributed by atoms with Crippen molar-refractivity contribution in [2.24, 2.45) is 5.73 Å². The van der Waals surface area contributed by atoms with Crippen LogP contribution in [0.5, 0.6) is 11.5 Å². The third kappa shape index (κ3) is 4.54. The molecule has 2 atom stereocenters. The Morgan fingerprint density at radius 1 is 1.20 bits per heavy atom. The van der Waals surface area contributed by atoms with Crippen molar-refractivity contribution in [1.82, 2.24) is 0 Å². The van der Waals surface area contributed by atoms with Crippen LogP contribution in [0.25, 0.3) is 0 Å². The summed E-state index contributed by atoms with van der Waals surface area (Å²) < 4.78 is 11.1. The highest BCUT2D eigenvalue weighted by Gasteiger charge is 2.17. The van der Waals surface area contributed by atoms with Crippen molar-refractivity contribution in [3.8, 4) is 11.5 Å². The molecule has 0 bridgehead atoms. The number of nitrogens with two attached hydrogens (primary N) is 1. The van der Waals surface area contributed by atoms with Gasteiger partial charge in [0, 0.05) is 17.6 Å². The van der Waals surface area contributed by atoms with E-state index in [-0.39, 0.29) is 12.5 Å². The number of aliphatic hydroxyl groups is 1. The summed E-state index contributed by atoms with van der Waals surface area (Å²) >= 11 is 6.31. The lowest BCUT2D eigenvalue weighted by molar-refractivity contribution is 0.165. The summed E-state index contributed by atoms with van der Waals surface area (Å²) in [6.07, 6.45) is 0.0404. The van der Waals surface area contributed by atoms with Crippen molar-refractivity contribution in [3.05, 3.63) is 22.7 Å². The Labute approximate surface area is 125 Å². The van der Waals surface area contributed by atoms with Gasteiger partial charge in [-0.05, 0) is 37.8 Å². The number of rotatable bonds is 8. The second-order valence-corrected chi connectivity index (χ2v) is 5.12. The molecule has 2 unspecified atom stereocenters. The quantitative estimate of drug-likeness (QED) is 0.775. The van der Waals surface area contributed by atoms with Gasteiger partial charge in [0.2, 0.25) is 0 Å². The molecule has 3 N–H and O–H groups in total. The van der Waals surface area contributed by atoms with Crippen LogP contribution in [0.15, 0.2) is 12.1 Å². The summed E-state index contributed by atoms with van der Waals surface area (Å²) in [6.45, 7) is 7.20. The van der Waals surface area contributed by atoms with Crippen LogP contribution >= 0.6 is 11.6 Å². The fraction of sp³-hybridized carbons (Fsp3) is 0.600. The molecule has 0 spiro atoms. The molecule has 0 saturated carbocycles. The van der Waals surface area contributed by atoms with Crippen LogP contribution in [0.2, 0.25) is 5.02 Å². The van der Waals surface area contributed by atoms with Crippen molar-refractivity contribution >= 4 is 11.6 Å². The fourth-order valence-corrected chi connectivity index (χ4v) is 2.44. The van der Waals surface area contributed by atoms with Crippen LogP contribution < -0.4 is 15.2 Å². The minimum absolute atomic E-state index is 0.0935. The predicted octanol–water partition coefficient (Wildman–Crippen LogP) is 2.95. The van der Waals surface area contributed by atoms with Crippen LogP contribution in [0.3, 0.4) is 0 Å². The van der Waals surface area contributed by atoms with E-state index in [4.69, 9.17) is 26.8 Å². The van der Waals surface area contributed by atoms with Crippen LogP contribution in [0.1, 0.15) is 38.7 Å². The summed E-state index contributed by atoms with van der Waals surface area (Å²) in [5, 5.41) is 10.3. The van der Waals surface area contributed by atoms with Gasteiger partial charge >= 0.3 is 0 Å². The molecule has 4 nitrogen and oxygen atoms in total. The highest BCUT2D eigenvalue weighted by molar-refractivity contribution is 6.31. The first-order valence-corrected chi connectivity index (χ1v) is 7.38. The Kier molecular flexibility index (Phi) is 7.13. The molecule has 0 amide bonds. The smallest absolute Gasteiger partial charge is 0.162 e. The van der Waals surface area contributed by atoms with Gasteiger partial charge in [-0.1, -0.05) is 18.5 Å². The summed E-state index contributed by atoms with van der Waals surface area (Å²) in [6, 6.07) is 3.67. The second kappa shape index (κ2) is 8.35. The Morgan fingerprint density at radius 2 is 1.75 bits per heavy atom. The Balaban J connectivity index is 3.04. The third-order valence-corrected chi connectivity index (χ3v) is 3.42. The van der Waals surface area contributed by atoms with Crippen LogP contribution in [0, 0.1) is 0 Å². The molecule has 0 aliphatic heterocycles. The average molecular weight is 302 g/mol. The fourth-order valence-electron chi connectivity index (χ4n) is 2.10. The molecule has 0 aliphatic carbocycles. The van der Waals surface area contributed by atoms with Gasteiger partial charge in [-0.15, -0.1) is 0 Å². The molecule has 1 rings (SSSR count). The van der Waals surface area contributed by atoms with Crippen LogP contribution in [0.4, 0.5) is 0 Å². The SMILES string of the molecule is CCOc1cc(Cl)c(C(C)CC(O)CN)cc1OCC. The molecule has 0 fully saturated rings. The molecule has 0 aromatic heterocycles. The molecule has 5 heteroatoms. The first kappa shape index (κ1) is 17.1. The summed E-state index contributed by atoms with van der Waals surface area (Å²) in [5.74, 6) is 1.42. The maximum absolute atomic E-state index is 9.67. The van der Waals surface area contributed by atoms with E-state index in [2.05, 4.69) is 0 Å². The normalized spacial score (nSPS) is 13.9. The standard InChI is InChI=1S/C15H24ClNO3/c1-4-19-14-7-12(10(3)6-11(18)9-17)13(16)8-15(14)20-5-2/h7-8,10-11,18H,4-6,9,17H2,1-3H3. The van der Waals surface area contributed by atoms with Crippen molar-refractivity contribution in [2.45, 2.75) is 39.2 Å². The van der Waals surface area contributed by atoms with Gasteiger partial charge in [-0.25, -0.2) is 0 Å². The predicted molar refractivity (Wildman–Crippen MR) is 81.9 cm³/mol. The minimum Gasteiger partial charge on any atom is -0.490 e. The Morgan fingerprint density at radius 3 is 2.25 bits per heavy atom. The van der Waals surface area contributed by atoms with E-state index < -0.39 is 6.10 Å². The van der Waals surface area contributed by atoms with E-state index in [1.165, 1.54) is 0 Å². The van der Waals surface area contributed by atoms with Crippen molar-refractivity contribution in [1.29, 1.82) is 0 Å². The molecule has 1 aromatic carbocycles. The first-order chi connectivity index (χ1) is 9.53. The Bertz CT molecular complexity index is 426. The number of ether oxygens (including phenoxy) is 2. The highest BCUT2D eigenvalue weighted by Crippen LogP contribution is 2.38. The number of aliphatic hydroxyl groups excluding tert-OH is 1. The zero-order valence-corrected chi connectivity index (χ0v) is 13.1. The van der Waals surface area contributed by atoms with Crippen molar-refractivity contribution < 1.29 is 14.6 Å². The molecule has 1 aromatic rings. The lowest BCUT2D eigenvalue weighted by Gasteiger charge is -2.19. The number of halogens is 1. The van der Waals surface area contributed by atoms with E-state index in [9.17, 15) is 5.11 Å². The monoisotopic (exact) mass is 301 g/mol. The average Bonchev–Trinajstić information content (AvgIpc) is 2.41. The van der Waals surface area contributed by atoms with E-state index in [1.54, 1.807) is 6.07 Å². The van der Waals surface area contributed by atoms with Gasteiger partial charge in [-0.3, -0.25) is 0 Å². The number of hydrogen-bond donors (Lipinski definition) is 2. The van der Waals surface area contributed by atoms with Gasteiger partial charge in [0.15, 0.2) is 11.5 Å². The largest absolute Gasteiger partial charge is 0.490 e. The highest BCUT2D eigenvalue weighted by atomic mass is 35.5. The molecule has 0 heterocycles. The summed E-state index contributed by atoms with van der Waals surface area (Å²) in [7, 11) is 0. The lowest BCUT2D eigenvalue weighted by Crippen LogP contribution is -2.21. The molecule has 114 valence electrons. The molecule has 0 aliphatic rings. The van der Waals surface area contributed by atoms with E-state index in [0.717, 1.165) is 5.56 Å². The van der Waals surface area contributed by atoms with Gasteiger partial charge in [0.25, 0.3) is 0 Å². The lowest BCUT2D eigenvalue weighted by atomic mass is 9.94. The van der Waals surface area contributed by atoms with Crippen LogP contribution in [-0.4, -0.2) is 31.0 Å². The minimum atomic E-state index is -0.525. The second-order valence-electron chi connectivity index (χ2n) is 4.71. The third-order valence-electron chi connectivity index (χ3n) is 3.09.